The van der Waals surface area contributed by atoms with Crippen LogP contribution in [0, 0.1) is 0 Å². The van der Waals surface area contributed by atoms with Gasteiger partial charge in [0.05, 0.1) is 5.56 Å². The van der Waals surface area contributed by atoms with Gasteiger partial charge in [-0.05, 0) is 31.1 Å². The molecule has 1 aliphatic rings. The number of benzene rings is 1. The van der Waals surface area contributed by atoms with E-state index in [9.17, 15) is 4.79 Å². The lowest BCUT2D eigenvalue weighted by molar-refractivity contribution is 0.0395. The van der Waals surface area contributed by atoms with Crippen LogP contribution < -0.4 is 0 Å². The fourth-order valence-electron chi connectivity index (χ4n) is 1.48. The third-order valence-corrected chi connectivity index (χ3v) is 2.24. The highest BCUT2D eigenvalue weighted by molar-refractivity contribution is 5.89. The molecular weight excluding hydrogens is 176 g/mol. The summed E-state index contributed by atoms with van der Waals surface area (Å²) in [6, 6.07) is 9.08. The van der Waals surface area contributed by atoms with Crippen LogP contribution in [0.15, 0.2) is 42.5 Å². The lowest BCUT2D eigenvalue weighted by Crippen LogP contribution is -2.13. The fourth-order valence-corrected chi connectivity index (χ4v) is 1.48. The molecule has 1 atom stereocenters. The number of esters is 1. The summed E-state index contributed by atoms with van der Waals surface area (Å²) in [6.45, 7) is 0. The van der Waals surface area contributed by atoms with Crippen LogP contribution in [0.5, 0.6) is 0 Å². The first kappa shape index (κ1) is 9.00. The van der Waals surface area contributed by atoms with Gasteiger partial charge in [0.15, 0.2) is 0 Å². The highest BCUT2D eigenvalue weighted by Crippen LogP contribution is 2.14. The molecule has 2 heteroatoms. The van der Waals surface area contributed by atoms with Gasteiger partial charge in [-0.3, -0.25) is 0 Å². The molecule has 0 aromatic heterocycles. The van der Waals surface area contributed by atoms with E-state index in [-0.39, 0.29) is 12.1 Å². The Morgan fingerprint density at radius 2 is 2.07 bits per heavy atom. The van der Waals surface area contributed by atoms with Gasteiger partial charge in [0.1, 0.15) is 6.10 Å². The second-order valence-corrected chi connectivity index (χ2v) is 3.32. The number of carbonyl (C=O) groups is 1. The molecule has 0 N–H and O–H groups in total. The van der Waals surface area contributed by atoms with Crippen LogP contribution in [-0.4, -0.2) is 12.1 Å². The fraction of sp³-hybridized carbons (Fsp3) is 0.250. The molecule has 0 fully saturated rings. The quantitative estimate of drug-likeness (QED) is 0.526. The molecule has 1 aliphatic carbocycles. The number of rotatable bonds is 2. The molecule has 0 aliphatic heterocycles. The Morgan fingerprint density at radius 1 is 1.29 bits per heavy atom. The van der Waals surface area contributed by atoms with E-state index in [0.717, 1.165) is 12.8 Å². The van der Waals surface area contributed by atoms with Crippen LogP contribution in [0.2, 0.25) is 0 Å². The second kappa shape index (κ2) is 4.09. The SMILES string of the molecule is O=C(O[C@@H]1C=CCC1)c1ccccc1. The van der Waals surface area contributed by atoms with E-state index in [2.05, 4.69) is 0 Å². The molecule has 0 saturated carbocycles. The lowest BCUT2D eigenvalue weighted by atomic mass is 10.2. The van der Waals surface area contributed by atoms with Crippen molar-refractivity contribution >= 4 is 5.97 Å². The molecule has 0 bridgehead atoms. The molecule has 0 unspecified atom stereocenters. The Hall–Kier alpha value is -1.57. The van der Waals surface area contributed by atoms with E-state index >= 15 is 0 Å². The van der Waals surface area contributed by atoms with Crippen molar-refractivity contribution in [1.29, 1.82) is 0 Å². The summed E-state index contributed by atoms with van der Waals surface area (Å²) in [4.78, 5) is 11.5. The van der Waals surface area contributed by atoms with Crippen LogP contribution in [-0.2, 0) is 4.74 Å². The maximum absolute atomic E-state index is 11.5. The molecule has 1 aromatic carbocycles. The minimum Gasteiger partial charge on any atom is -0.455 e. The van der Waals surface area contributed by atoms with E-state index in [1.165, 1.54) is 0 Å². The molecule has 2 rings (SSSR count). The summed E-state index contributed by atoms with van der Waals surface area (Å²) >= 11 is 0. The number of hydrogen-bond donors (Lipinski definition) is 0. The van der Waals surface area contributed by atoms with Crippen molar-refractivity contribution in [2.45, 2.75) is 18.9 Å². The molecule has 0 heterocycles. The number of allylic oxidation sites excluding steroid dienone is 1. The smallest absolute Gasteiger partial charge is 0.338 e. The van der Waals surface area contributed by atoms with Crippen LogP contribution in [0.4, 0.5) is 0 Å². The summed E-state index contributed by atoms with van der Waals surface area (Å²) in [5.74, 6) is -0.234. The average molecular weight is 188 g/mol. The first-order valence-corrected chi connectivity index (χ1v) is 4.79. The molecule has 14 heavy (non-hydrogen) atoms. The van der Waals surface area contributed by atoms with Crippen molar-refractivity contribution in [3.63, 3.8) is 0 Å². The van der Waals surface area contributed by atoms with Gasteiger partial charge < -0.3 is 4.74 Å². The molecule has 0 spiro atoms. The minimum atomic E-state index is -0.234. The number of ether oxygens (including phenoxy) is 1. The van der Waals surface area contributed by atoms with Crippen LogP contribution in [0.3, 0.4) is 0 Å². The van der Waals surface area contributed by atoms with Gasteiger partial charge in [-0.2, -0.15) is 0 Å². The Balaban J connectivity index is 1.99. The predicted octanol–water partition coefficient (Wildman–Crippen LogP) is 2.56. The summed E-state index contributed by atoms with van der Waals surface area (Å²) in [6.07, 6.45) is 5.89. The number of hydrogen-bond acceptors (Lipinski definition) is 2. The Labute approximate surface area is 83.2 Å². The zero-order chi connectivity index (χ0) is 9.80. The second-order valence-electron chi connectivity index (χ2n) is 3.32. The first-order valence-electron chi connectivity index (χ1n) is 4.79. The van der Waals surface area contributed by atoms with Gasteiger partial charge in [-0.25, -0.2) is 4.79 Å². The predicted molar refractivity (Wildman–Crippen MR) is 54.0 cm³/mol. The molecule has 0 amide bonds. The van der Waals surface area contributed by atoms with Gasteiger partial charge in [0, 0.05) is 0 Å². The zero-order valence-corrected chi connectivity index (χ0v) is 7.85. The van der Waals surface area contributed by atoms with Crippen molar-refractivity contribution < 1.29 is 9.53 Å². The average Bonchev–Trinajstić information content (AvgIpc) is 2.72. The van der Waals surface area contributed by atoms with Crippen LogP contribution >= 0.6 is 0 Å². The molecule has 1 aromatic rings. The van der Waals surface area contributed by atoms with Crippen molar-refractivity contribution in [1.82, 2.24) is 0 Å². The maximum atomic E-state index is 11.5. The van der Waals surface area contributed by atoms with Gasteiger partial charge in [-0.1, -0.05) is 24.3 Å². The van der Waals surface area contributed by atoms with Crippen molar-refractivity contribution in [3.05, 3.63) is 48.0 Å². The highest BCUT2D eigenvalue weighted by Gasteiger charge is 2.15. The Bertz CT molecular complexity index is 341. The van der Waals surface area contributed by atoms with E-state index in [1.807, 2.05) is 30.4 Å². The van der Waals surface area contributed by atoms with Crippen molar-refractivity contribution in [2.75, 3.05) is 0 Å². The van der Waals surface area contributed by atoms with Gasteiger partial charge in [-0.15, -0.1) is 0 Å². The maximum Gasteiger partial charge on any atom is 0.338 e. The highest BCUT2D eigenvalue weighted by atomic mass is 16.5. The van der Waals surface area contributed by atoms with E-state index in [0.29, 0.717) is 5.56 Å². The molecule has 0 radical (unpaired) electrons. The minimum absolute atomic E-state index is 0.0253. The standard InChI is InChI=1S/C12H12O2/c13-12(10-6-2-1-3-7-10)14-11-8-4-5-9-11/h1-4,6-8,11H,5,9H2/t11-/m1/s1. The molecule has 2 nitrogen and oxygen atoms in total. The normalized spacial score (nSPS) is 19.6. The topological polar surface area (TPSA) is 26.3 Å². The van der Waals surface area contributed by atoms with Gasteiger partial charge >= 0.3 is 5.97 Å². The third kappa shape index (κ3) is 2.02. The first-order chi connectivity index (χ1) is 6.86. The van der Waals surface area contributed by atoms with Crippen molar-refractivity contribution in [2.24, 2.45) is 0 Å². The lowest BCUT2D eigenvalue weighted by Gasteiger charge is -2.09. The summed E-state index contributed by atoms with van der Waals surface area (Å²) in [5.41, 5.74) is 0.618. The van der Waals surface area contributed by atoms with Gasteiger partial charge in [0.25, 0.3) is 0 Å². The largest absolute Gasteiger partial charge is 0.455 e. The molecule has 72 valence electrons. The molecular formula is C12H12O2. The number of carbonyl (C=O) groups excluding carboxylic acids is 1. The summed E-state index contributed by atoms with van der Waals surface area (Å²) < 4.78 is 5.27. The van der Waals surface area contributed by atoms with E-state index in [4.69, 9.17) is 4.74 Å². The summed E-state index contributed by atoms with van der Waals surface area (Å²) in [5, 5.41) is 0. The van der Waals surface area contributed by atoms with Crippen molar-refractivity contribution in [3.8, 4) is 0 Å². The zero-order valence-electron chi connectivity index (χ0n) is 7.85. The summed E-state index contributed by atoms with van der Waals surface area (Å²) in [7, 11) is 0. The van der Waals surface area contributed by atoms with E-state index < -0.39 is 0 Å². The molecule has 0 saturated heterocycles. The monoisotopic (exact) mass is 188 g/mol. The Morgan fingerprint density at radius 3 is 2.71 bits per heavy atom. The third-order valence-electron chi connectivity index (χ3n) is 2.24. The van der Waals surface area contributed by atoms with Crippen LogP contribution in [0.1, 0.15) is 23.2 Å². The van der Waals surface area contributed by atoms with E-state index in [1.54, 1.807) is 12.1 Å². The van der Waals surface area contributed by atoms with Gasteiger partial charge in [0.2, 0.25) is 0 Å². The Kier molecular flexibility index (Phi) is 2.63. The van der Waals surface area contributed by atoms with Crippen LogP contribution in [0.25, 0.3) is 0 Å².